The summed E-state index contributed by atoms with van der Waals surface area (Å²) in [6, 6.07) is 0. The van der Waals surface area contributed by atoms with Crippen molar-refractivity contribution in [2.24, 2.45) is 11.7 Å². The molecule has 6 nitrogen and oxygen atoms in total. The van der Waals surface area contributed by atoms with Gasteiger partial charge in [0.1, 0.15) is 0 Å². The minimum atomic E-state index is -0.409. The summed E-state index contributed by atoms with van der Waals surface area (Å²) < 4.78 is 4.62. The monoisotopic (exact) mass is 264 g/mol. The van der Waals surface area contributed by atoms with Gasteiger partial charge in [0.2, 0.25) is 5.95 Å². The van der Waals surface area contributed by atoms with E-state index in [1.54, 1.807) is 0 Å². The van der Waals surface area contributed by atoms with Crippen LogP contribution in [0, 0.1) is 5.92 Å². The van der Waals surface area contributed by atoms with Crippen molar-refractivity contribution in [1.29, 1.82) is 0 Å². The molecule has 2 rings (SSSR count). The van der Waals surface area contributed by atoms with E-state index in [0.717, 1.165) is 44.8 Å². The highest BCUT2D eigenvalue weighted by Gasteiger charge is 2.20. The van der Waals surface area contributed by atoms with Crippen LogP contribution in [0.2, 0.25) is 0 Å². The van der Waals surface area contributed by atoms with Gasteiger partial charge in [0.05, 0.1) is 12.7 Å². The average Bonchev–Trinajstić information content (AvgIpc) is 2.48. The highest BCUT2D eigenvalue weighted by molar-refractivity contribution is 5.88. The maximum absolute atomic E-state index is 11.3. The molecule has 1 aliphatic rings. The number of carbonyl (C=O) groups is 1. The van der Waals surface area contributed by atoms with Crippen LogP contribution in [0.5, 0.6) is 0 Å². The fourth-order valence-electron chi connectivity index (χ4n) is 2.37. The molecule has 1 aromatic heterocycles. The molecule has 0 amide bonds. The summed E-state index contributed by atoms with van der Waals surface area (Å²) in [5.74, 6) is 0.989. The topological polar surface area (TPSA) is 81.3 Å². The number of nitrogens with zero attached hydrogens (tertiary/aromatic N) is 3. The van der Waals surface area contributed by atoms with E-state index in [4.69, 9.17) is 5.73 Å². The van der Waals surface area contributed by atoms with Crippen molar-refractivity contribution in [3.63, 3.8) is 0 Å². The van der Waals surface area contributed by atoms with Crippen LogP contribution >= 0.6 is 0 Å². The first-order valence-electron chi connectivity index (χ1n) is 6.60. The second-order valence-electron chi connectivity index (χ2n) is 4.77. The van der Waals surface area contributed by atoms with Gasteiger partial charge in [0.15, 0.2) is 0 Å². The summed E-state index contributed by atoms with van der Waals surface area (Å²) in [4.78, 5) is 21.9. The molecule has 0 unspecified atom stereocenters. The Morgan fingerprint density at radius 3 is 2.58 bits per heavy atom. The number of hydrogen-bond donors (Lipinski definition) is 1. The van der Waals surface area contributed by atoms with Gasteiger partial charge in [0, 0.05) is 25.5 Å². The van der Waals surface area contributed by atoms with E-state index >= 15 is 0 Å². The lowest BCUT2D eigenvalue weighted by atomic mass is 9.94. The molecule has 6 heteroatoms. The van der Waals surface area contributed by atoms with Gasteiger partial charge >= 0.3 is 5.97 Å². The summed E-state index contributed by atoms with van der Waals surface area (Å²) in [5, 5.41) is 0. The predicted octanol–water partition coefficient (Wildman–Crippen LogP) is 0.828. The van der Waals surface area contributed by atoms with E-state index in [0.29, 0.717) is 11.5 Å². The van der Waals surface area contributed by atoms with Crippen LogP contribution in [0.3, 0.4) is 0 Å². The van der Waals surface area contributed by atoms with Crippen molar-refractivity contribution in [3.8, 4) is 0 Å². The molecule has 0 saturated carbocycles. The van der Waals surface area contributed by atoms with Gasteiger partial charge in [-0.2, -0.15) is 0 Å². The number of carbonyl (C=O) groups excluding carboxylic acids is 1. The molecule has 2 heterocycles. The van der Waals surface area contributed by atoms with Crippen molar-refractivity contribution in [1.82, 2.24) is 9.97 Å². The summed E-state index contributed by atoms with van der Waals surface area (Å²) >= 11 is 0. The number of aromatic nitrogens is 2. The van der Waals surface area contributed by atoms with Crippen molar-refractivity contribution in [2.75, 3.05) is 31.6 Å². The second-order valence-corrected chi connectivity index (χ2v) is 4.77. The number of nitrogens with two attached hydrogens (primary N) is 1. The molecule has 19 heavy (non-hydrogen) atoms. The molecule has 1 fully saturated rings. The molecule has 1 aliphatic heterocycles. The van der Waals surface area contributed by atoms with Crippen LogP contribution < -0.4 is 10.6 Å². The molecule has 0 spiro atoms. The van der Waals surface area contributed by atoms with Crippen LogP contribution in [-0.2, 0) is 4.74 Å². The van der Waals surface area contributed by atoms with Crippen molar-refractivity contribution in [3.05, 3.63) is 18.0 Å². The number of ether oxygens (including phenoxy) is 1. The first kappa shape index (κ1) is 13.7. The number of methoxy groups -OCH3 is 1. The zero-order valence-electron chi connectivity index (χ0n) is 11.2. The number of anilines is 1. The van der Waals surface area contributed by atoms with Crippen LogP contribution in [-0.4, -0.2) is 42.7 Å². The highest BCUT2D eigenvalue weighted by Crippen LogP contribution is 2.22. The fourth-order valence-corrected chi connectivity index (χ4v) is 2.37. The molecule has 1 aromatic rings. The van der Waals surface area contributed by atoms with Crippen LogP contribution in [0.4, 0.5) is 5.95 Å². The first-order valence-corrected chi connectivity index (χ1v) is 6.60. The Morgan fingerprint density at radius 1 is 1.42 bits per heavy atom. The van der Waals surface area contributed by atoms with Crippen molar-refractivity contribution in [2.45, 2.75) is 19.3 Å². The molecular formula is C13H20N4O2. The Morgan fingerprint density at radius 2 is 2.05 bits per heavy atom. The van der Waals surface area contributed by atoms with E-state index in [9.17, 15) is 4.79 Å². The number of piperidine rings is 1. The van der Waals surface area contributed by atoms with E-state index in [1.165, 1.54) is 19.5 Å². The number of rotatable bonds is 4. The van der Waals surface area contributed by atoms with Crippen molar-refractivity contribution < 1.29 is 9.53 Å². The molecule has 0 aromatic carbocycles. The van der Waals surface area contributed by atoms with Gasteiger partial charge in [-0.1, -0.05) is 0 Å². The molecule has 1 saturated heterocycles. The molecule has 104 valence electrons. The number of esters is 1. The minimum absolute atomic E-state index is 0.379. The van der Waals surface area contributed by atoms with Crippen molar-refractivity contribution >= 4 is 11.9 Å². The molecule has 0 atom stereocenters. The van der Waals surface area contributed by atoms with Crippen LogP contribution in [0.1, 0.15) is 29.6 Å². The van der Waals surface area contributed by atoms with Gasteiger partial charge in [-0.25, -0.2) is 14.8 Å². The Balaban J connectivity index is 1.94. The lowest BCUT2D eigenvalue weighted by molar-refractivity contribution is 0.0600. The van der Waals surface area contributed by atoms with E-state index in [2.05, 4.69) is 19.6 Å². The SMILES string of the molecule is COC(=O)c1cnc(N2CCC(CCN)CC2)nc1. The average molecular weight is 264 g/mol. The quantitative estimate of drug-likeness (QED) is 0.811. The Kier molecular flexibility index (Phi) is 4.68. The summed E-state index contributed by atoms with van der Waals surface area (Å²) in [6.07, 6.45) is 6.37. The van der Waals surface area contributed by atoms with E-state index in [-0.39, 0.29) is 0 Å². The lowest BCUT2D eigenvalue weighted by Crippen LogP contribution is -2.35. The third-order valence-electron chi connectivity index (χ3n) is 3.53. The zero-order valence-corrected chi connectivity index (χ0v) is 11.2. The second kappa shape index (κ2) is 6.47. The van der Waals surface area contributed by atoms with E-state index < -0.39 is 5.97 Å². The zero-order chi connectivity index (χ0) is 13.7. The molecule has 2 N–H and O–H groups in total. The smallest absolute Gasteiger partial charge is 0.341 e. The molecule has 0 aliphatic carbocycles. The normalized spacial score (nSPS) is 16.4. The Labute approximate surface area is 113 Å². The fraction of sp³-hybridized carbons (Fsp3) is 0.615. The maximum Gasteiger partial charge on any atom is 0.341 e. The van der Waals surface area contributed by atoms with Gasteiger partial charge < -0.3 is 15.4 Å². The Bertz CT molecular complexity index is 413. The van der Waals surface area contributed by atoms with Gasteiger partial charge in [-0.15, -0.1) is 0 Å². The maximum atomic E-state index is 11.3. The Hall–Kier alpha value is -1.69. The third kappa shape index (κ3) is 3.41. The van der Waals surface area contributed by atoms with E-state index in [1.807, 2.05) is 0 Å². The summed E-state index contributed by atoms with van der Waals surface area (Å²) in [6.45, 7) is 2.65. The summed E-state index contributed by atoms with van der Waals surface area (Å²) in [5.41, 5.74) is 5.96. The van der Waals surface area contributed by atoms with Crippen LogP contribution in [0.25, 0.3) is 0 Å². The van der Waals surface area contributed by atoms with Gasteiger partial charge in [-0.3, -0.25) is 0 Å². The highest BCUT2D eigenvalue weighted by atomic mass is 16.5. The lowest BCUT2D eigenvalue weighted by Gasteiger charge is -2.31. The third-order valence-corrected chi connectivity index (χ3v) is 3.53. The largest absolute Gasteiger partial charge is 0.465 e. The molecular weight excluding hydrogens is 244 g/mol. The minimum Gasteiger partial charge on any atom is -0.465 e. The molecule has 0 bridgehead atoms. The molecule has 0 radical (unpaired) electrons. The van der Waals surface area contributed by atoms with Gasteiger partial charge in [0.25, 0.3) is 0 Å². The van der Waals surface area contributed by atoms with Crippen LogP contribution in [0.15, 0.2) is 12.4 Å². The number of hydrogen-bond acceptors (Lipinski definition) is 6. The first-order chi connectivity index (χ1) is 9.24. The standard InChI is InChI=1S/C13H20N4O2/c1-19-12(18)11-8-15-13(16-9-11)17-6-3-10(2-5-14)4-7-17/h8-10H,2-7,14H2,1H3. The predicted molar refractivity (Wildman–Crippen MR) is 72.0 cm³/mol. The van der Waals surface area contributed by atoms with Gasteiger partial charge in [-0.05, 0) is 31.7 Å². The summed E-state index contributed by atoms with van der Waals surface area (Å²) in [7, 11) is 1.35.